The van der Waals surface area contributed by atoms with Crippen LogP contribution in [-0.4, -0.2) is 15.2 Å². The van der Waals surface area contributed by atoms with Gasteiger partial charge in [-0.3, -0.25) is 0 Å². The summed E-state index contributed by atoms with van der Waals surface area (Å²) in [5.41, 5.74) is 4.87. The molecule has 0 fully saturated rings. The van der Waals surface area contributed by atoms with Gasteiger partial charge >= 0.3 is 0 Å². The predicted molar refractivity (Wildman–Crippen MR) is 88.7 cm³/mol. The molecule has 0 aliphatic rings. The van der Waals surface area contributed by atoms with Crippen molar-refractivity contribution < 1.29 is 0 Å². The molecule has 1 heterocycles. The van der Waals surface area contributed by atoms with E-state index >= 15 is 0 Å². The topological polar surface area (TPSA) is 65.6 Å². The van der Waals surface area contributed by atoms with Crippen LogP contribution in [0.4, 0.5) is 11.6 Å². The van der Waals surface area contributed by atoms with E-state index in [-0.39, 0.29) is 0 Å². The van der Waals surface area contributed by atoms with Gasteiger partial charge in [0, 0.05) is 18.8 Å². The number of rotatable bonds is 6. The lowest BCUT2D eigenvalue weighted by Crippen LogP contribution is -2.02. The van der Waals surface area contributed by atoms with Crippen LogP contribution in [0, 0.1) is 6.92 Å². The van der Waals surface area contributed by atoms with E-state index in [0.717, 1.165) is 12.2 Å². The molecular formula is C17H19N5. The van der Waals surface area contributed by atoms with Gasteiger partial charge in [0.15, 0.2) is 0 Å². The Balaban J connectivity index is 1.51. The Bertz CT molecular complexity index is 687. The first kappa shape index (κ1) is 14.1. The highest BCUT2D eigenvalue weighted by Crippen LogP contribution is 2.12. The Hall–Kier alpha value is -2.82. The molecule has 0 aliphatic carbocycles. The van der Waals surface area contributed by atoms with Crippen LogP contribution in [0.15, 0.2) is 54.9 Å². The molecule has 2 aromatic carbocycles. The summed E-state index contributed by atoms with van der Waals surface area (Å²) in [5, 5.41) is 13.2. The number of hydrogen-bond donors (Lipinski definition) is 3. The summed E-state index contributed by atoms with van der Waals surface area (Å²) in [4.78, 5) is 4.03. The predicted octanol–water partition coefficient (Wildman–Crippen LogP) is 3.34. The maximum Gasteiger partial charge on any atom is 0.218 e. The van der Waals surface area contributed by atoms with Crippen LogP contribution >= 0.6 is 0 Å². The third kappa shape index (κ3) is 3.85. The van der Waals surface area contributed by atoms with E-state index in [2.05, 4.69) is 81.3 Å². The molecule has 0 radical (unpaired) electrons. The largest absolute Gasteiger partial charge is 0.381 e. The number of nitrogens with zero attached hydrogens (tertiary/aromatic N) is 2. The smallest absolute Gasteiger partial charge is 0.218 e. The van der Waals surface area contributed by atoms with Crippen LogP contribution < -0.4 is 10.6 Å². The number of hydrogen-bond acceptors (Lipinski definition) is 4. The zero-order valence-corrected chi connectivity index (χ0v) is 12.5. The average Bonchev–Trinajstić information content (AvgIpc) is 3.07. The maximum absolute atomic E-state index is 4.03. The summed E-state index contributed by atoms with van der Waals surface area (Å²) < 4.78 is 0. The quantitative estimate of drug-likeness (QED) is 0.652. The van der Waals surface area contributed by atoms with Crippen molar-refractivity contribution in [2.45, 2.75) is 20.0 Å². The van der Waals surface area contributed by atoms with E-state index in [1.807, 2.05) is 0 Å². The zero-order chi connectivity index (χ0) is 15.2. The number of nitrogens with one attached hydrogen (secondary N) is 3. The third-order valence-electron chi connectivity index (χ3n) is 3.45. The molecule has 3 N–H and O–H groups in total. The van der Waals surface area contributed by atoms with Crippen molar-refractivity contribution in [2.24, 2.45) is 0 Å². The Morgan fingerprint density at radius 1 is 0.864 bits per heavy atom. The van der Waals surface area contributed by atoms with Crippen molar-refractivity contribution in [3.63, 3.8) is 0 Å². The number of aromatic amines is 1. The second-order valence-electron chi connectivity index (χ2n) is 5.22. The SMILES string of the molecule is Cc1ccc(CNc2ccc(CNc3ncn[nH]3)cc2)cc1. The van der Waals surface area contributed by atoms with Gasteiger partial charge in [-0.1, -0.05) is 42.0 Å². The zero-order valence-electron chi connectivity index (χ0n) is 12.5. The highest BCUT2D eigenvalue weighted by Gasteiger charge is 1.98. The van der Waals surface area contributed by atoms with Crippen molar-refractivity contribution >= 4 is 11.6 Å². The van der Waals surface area contributed by atoms with Gasteiger partial charge in [0.1, 0.15) is 6.33 Å². The number of H-pyrrole nitrogens is 1. The summed E-state index contributed by atoms with van der Waals surface area (Å²) in [5.74, 6) is 0.682. The molecule has 0 saturated carbocycles. The van der Waals surface area contributed by atoms with Crippen molar-refractivity contribution in [1.82, 2.24) is 15.2 Å². The monoisotopic (exact) mass is 293 g/mol. The second kappa shape index (κ2) is 6.76. The van der Waals surface area contributed by atoms with Gasteiger partial charge in [0.25, 0.3) is 0 Å². The maximum atomic E-state index is 4.03. The van der Waals surface area contributed by atoms with Crippen LogP contribution in [0.2, 0.25) is 0 Å². The molecule has 5 heteroatoms. The minimum atomic E-state index is 0.682. The van der Waals surface area contributed by atoms with Crippen LogP contribution in [0.5, 0.6) is 0 Å². The average molecular weight is 293 g/mol. The van der Waals surface area contributed by atoms with Gasteiger partial charge in [-0.05, 0) is 30.2 Å². The molecule has 22 heavy (non-hydrogen) atoms. The van der Waals surface area contributed by atoms with Crippen molar-refractivity contribution in [3.8, 4) is 0 Å². The highest BCUT2D eigenvalue weighted by molar-refractivity contribution is 5.45. The standard InChI is InChI=1S/C17H19N5/c1-13-2-4-14(5-3-13)10-18-16-8-6-15(7-9-16)11-19-17-20-12-21-22-17/h2-9,12,18H,10-11H2,1H3,(H2,19,20,21,22). The van der Waals surface area contributed by atoms with Crippen molar-refractivity contribution in [1.29, 1.82) is 0 Å². The summed E-state index contributed by atoms with van der Waals surface area (Å²) in [6.07, 6.45) is 1.49. The Kier molecular flexibility index (Phi) is 4.34. The van der Waals surface area contributed by atoms with Crippen LogP contribution in [0.25, 0.3) is 0 Å². The van der Waals surface area contributed by atoms with Crippen LogP contribution in [-0.2, 0) is 13.1 Å². The Morgan fingerprint density at radius 2 is 1.50 bits per heavy atom. The van der Waals surface area contributed by atoms with Crippen LogP contribution in [0.1, 0.15) is 16.7 Å². The summed E-state index contributed by atoms with van der Waals surface area (Å²) >= 11 is 0. The minimum Gasteiger partial charge on any atom is -0.381 e. The lowest BCUT2D eigenvalue weighted by molar-refractivity contribution is 1.04. The van der Waals surface area contributed by atoms with Gasteiger partial charge in [0.05, 0.1) is 0 Å². The summed E-state index contributed by atoms with van der Waals surface area (Å²) in [6, 6.07) is 16.9. The highest BCUT2D eigenvalue weighted by atomic mass is 15.3. The molecule has 1 aromatic heterocycles. The number of aromatic nitrogens is 3. The molecule has 0 saturated heterocycles. The molecule has 0 amide bonds. The van der Waals surface area contributed by atoms with Crippen molar-refractivity contribution in [2.75, 3.05) is 10.6 Å². The lowest BCUT2D eigenvalue weighted by atomic mass is 10.1. The molecule has 0 aliphatic heterocycles. The van der Waals surface area contributed by atoms with E-state index in [1.54, 1.807) is 0 Å². The van der Waals surface area contributed by atoms with E-state index in [0.29, 0.717) is 12.5 Å². The van der Waals surface area contributed by atoms with E-state index in [4.69, 9.17) is 0 Å². The van der Waals surface area contributed by atoms with Gasteiger partial charge in [-0.15, -0.1) is 0 Å². The third-order valence-corrected chi connectivity index (χ3v) is 3.45. The van der Waals surface area contributed by atoms with Gasteiger partial charge in [-0.2, -0.15) is 5.10 Å². The molecule has 5 nitrogen and oxygen atoms in total. The van der Waals surface area contributed by atoms with Crippen LogP contribution in [0.3, 0.4) is 0 Å². The normalized spacial score (nSPS) is 10.4. The molecular weight excluding hydrogens is 274 g/mol. The first-order valence-corrected chi connectivity index (χ1v) is 7.27. The van der Waals surface area contributed by atoms with E-state index in [9.17, 15) is 0 Å². The van der Waals surface area contributed by atoms with Gasteiger partial charge in [0.2, 0.25) is 5.95 Å². The second-order valence-corrected chi connectivity index (χ2v) is 5.22. The lowest BCUT2D eigenvalue weighted by Gasteiger charge is -2.08. The molecule has 3 rings (SSSR count). The number of benzene rings is 2. The van der Waals surface area contributed by atoms with E-state index in [1.165, 1.54) is 23.0 Å². The number of aryl methyl sites for hydroxylation is 1. The molecule has 3 aromatic rings. The Labute approximate surface area is 129 Å². The van der Waals surface area contributed by atoms with Gasteiger partial charge in [-0.25, -0.2) is 10.1 Å². The first-order chi connectivity index (χ1) is 10.8. The fourth-order valence-electron chi connectivity index (χ4n) is 2.13. The molecule has 0 bridgehead atoms. The van der Waals surface area contributed by atoms with Gasteiger partial charge < -0.3 is 10.6 Å². The Morgan fingerprint density at radius 3 is 2.14 bits per heavy atom. The summed E-state index contributed by atoms with van der Waals surface area (Å²) in [6.45, 7) is 3.64. The fourth-order valence-corrected chi connectivity index (χ4v) is 2.13. The first-order valence-electron chi connectivity index (χ1n) is 7.27. The number of anilines is 2. The molecule has 0 atom stereocenters. The molecule has 0 unspecified atom stereocenters. The minimum absolute atomic E-state index is 0.682. The molecule has 112 valence electrons. The van der Waals surface area contributed by atoms with Crippen molar-refractivity contribution in [3.05, 3.63) is 71.5 Å². The molecule has 0 spiro atoms. The summed E-state index contributed by atoms with van der Waals surface area (Å²) in [7, 11) is 0. The fraction of sp³-hybridized carbons (Fsp3) is 0.176. The van der Waals surface area contributed by atoms with E-state index < -0.39 is 0 Å².